The molecular formula is C25H32N8O2. The minimum atomic E-state index is 0.0403. The Morgan fingerprint density at radius 1 is 1.20 bits per heavy atom. The van der Waals surface area contributed by atoms with Crippen LogP contribution in [0.4, 0.5) is 0 Å². The molecule has 5 rings (SSSR count). The van der Waals surface area contributed by atoms with Gasteiger partial charge in [-0.3, -0.25) is 19.7 Å². The summed E-state index contributed by atoms with van der Waals surface area (Å²) in [6, 6.07) is 2.05. The number of aliphatic hydroxyl groups excluding tert-OH is 1. The molecule has 0 radical (unpaired) electrons. The second-order valence-electron chi connectivity index (χ2n) is 8.77. The van der Waals surface area contributed by atoms with Crippen molar-refractivity contribution >= 4 is 23.1 Å². The number of pyridine rings is 1. The van der Waals surface area contributed by atoms with Gasteiger partial charge in [0.2, 0.25) is 5.88 Å². The quantitative estimate of drug-likeness (QED) is 0.466. The molecular weight excluding hydrogens is 444 g/mol. The molecule has 2 N–H and O–H groups in total. The average molecular weight is 477 g/mol. The van der Waals surface area contributed by atoms with E-state index in [1.54, 1.807) is 4.68 Å². The molecule has 10 heteroatoms. The van der Waals surface area contributed by atoms with E-state index in [2.05, 4.69) is 45.1 Å². The van der Waals surface area contributed by atoms with E-state index < -0.39 is 0 Å². The number of H-pyrrole nitrogens is 1. The molecule has 0 saturated heterocycles. The molecule has 1 aliphatic heterocycles. The van der Waals surface area contributed by atoms with Crippen molar-refractivity contribution in [2.24, 2.45) is 7.05 Å². The van der Waals surface area contributed by atoms with E-state index >= 15 is 0 Å². The van der Waals surface area contributed by atoms with Crippen LogP contribution in [-0.4, -0.2) is 71.1 Å². The van der Waals surface area contributed by atoms with Gasteiger partial charge in [-0.2, -0.15) is 15.3 Å². The maximum absolute atomic E-state index is 9.67. The molecule has 0 saturated carbocycles. The number of ether oxygens (including phenoxy) is 1. The Hall–Kier alpha value is -3.50. The van der Waals surface area contributed by atoms with E-state index in [9.17, 15) is 5.11 Å². The summed E-state index contributed by atoms with van der Waals surface area (Å²) in [6.07, 6.45) is 6.76. The zero-order chi connectivity index (χ0) is 24.5. The number of hydrogen-bond acceptors (Lipinski definition) is 7. The van der Waals surface area contributed by atoms with E-state index in [1.807, 2.05) is 37.0 Å². The van der Waals surface area contributed by atoms with Gasteiger partial charge in [0, 0.05) is 31.1 Å². The molecule has 35 heavy (non-hydrogen) atoms. The lowest BCUT2D eigenvalue weighted by Crippen LogP contribution is -2.29. The Morgan fingerprint density at radius 3 is 2.83 bits per heavy atom. The van der Waals surface area contributed by atoms with Crippen molar-refractivity contribution in [1.82, 2.24) is 39.6 Å². The molecule has 2 bridgehead atoms. The van der Waals surface area contributed by atoms with E-state index in [0.29, 0.717) is 25.6 Å². The van der Waals surface area contributed by atoms with Gasteiger partial charge in [0.1, 0.15) is 6.61 Å². The molecule has 0 amide bonds. The molecule has 1 aliphatic rings. The van der Waals surface area contributed by atoms with Gasteiger partial charge in [-0.1, -0.05) is 13.8 Å². The summed E-state index contributed by atoms with van der Waals surface area (Å²) in [5.41, 5.74) is 7.46. The highest BCUT2D eigenvalue weighted by Gasteiger charge is 2.21. The van der Waals surface area contributed by atoms with Gasteiger partial charge in [0.25, 0.3) is 0 Å². The first-order valence-corrected chi connectivity index (χ1v) is 12.1. The van der Waals surface area contributed by atoms with Crippen LogP contribution in [0.15, 0.2) is 12.3 Å². The highest BCUT2D eigenvalue weighted by molar-refractivity contribution is 5.92. The minimum absolute atomic E-state index is 0.0403. The van der Waals surface area contributed by atoms with Crippen LogP contribution in [0.25, 0.3) is 34.3 Å². The first kappa shape index (κ1) is 23.3. The molecule has 0 aromatic carbocycles. The fraction of sp³-hybridized carbons (Fsp3) is 0.440. The molecule has 10 nitrogen and oxygen atoms in total. The Labute approximate surface area is 204 Å². The van der Waals surface area contributed by atoms with Gasteiger partial charge in [0.05, 0.1) is 58.9 Å². The Morgan fingerprint density at radius 2 is 2.06 bits per heavy atom. The van der Waals surface area contributed by atoms with E-state index in [-0.39, 0.29) is 6.61 Å². The van der Waals surface area contributed by atoms with Crippen LogP contribution in [0.5, 0.6) is 5.88 Å². The minimum Gasteiger partial charge on any atom is -0.476 e. The van der Waals surface area contributed by atoms with Crippen molar-refractivity contribution in [2.45, 2.75) is 40.3 Å². The average Bonchev–Trinajstić information content (AvgIpc) is 3.49. The van der Waals surface area contributed by atoms with Gasteiger partial charge in [-0.05, 0) is 38.1 Å². The number of rotatable bonds is 4. The Kier molecular flexibility index (Phi) is 6.40. The third-order valence-electron chi connectivity index (χ3n) is 6.60. The lowest BCUT2D eigenvalue weighted by atomic mass is 10.1. The number of aromatic nitrogens is 7. The topological polar surface area (TPSA) is 110 Å². The monoisotopic (exact) mass is 476 g/mol. The summed E-state index contributed by atoms with van der Waals surface area (Å²) in [7, 11) is 1.90. The number of nitrogens with zero attached hydrogens (tertiary/aromatic N) is 7. The molecule has 0 spiro atoms. The van der Waals surface area contributed by atoms with Gasteiger partial charge in [-0.25, -0.2) is 4.68 Å². The highest BCUT2D eigenvalue weighted by atomic mass is 16.5. The molecule has 4 aromatic heterocycles. The zero-order valence-electron chi connectivity index (χ0n) is 20.7. The second-order valence-corrected chi connectivity index (χ2v) is 8.77. The summed E-state index contributed by atoms with van der Waals surface area (Å²) in [6.45, 7) is 9.55. The SMILES string of the molecule is CCc1nn(CCO)c2c1/C=C/c1n[nH]c3cnc(cc13)-c1c(C)nn(C)c1OCCN(CC)C2. The summed E-state index contributed by atoms with van der Waals surface area (Å²) in [5, 5.41) is 27.7. The van der Waals surface area contributed by atoms with E-state index in [1.165, 1.54) is 0 Å². The van der Waals surface area contributed by atoms with Crippen LogP contribution in [0.1, 0.15) is 42.2 Å². The molecule has 0 fully saturated rings. The predicted octanol–water partition coefficient (Wildman–Crippen LogP) is 2.80. The summed E-state index contributed by atoms with van der Waals surface area (Å²) in [4.78, 5) is 7.02. The summed E-state index contributed by atoms with van der Waals surface area (Å²) in [5.74, 6) is 0.708. The highest BCUT2D eigenvalue weighted by Crippen LogP contribution is 2.34. The standard InChI is InChI=1S/C25H32N8O2/c1-5-19-17-7-8-20-18-13-21(26-14-22(18)28-27-20)24-16(3)29-31(4)25(24)35-12-10-32(6-2)15-23(17)33(30-19)9-11-34/h7-8,13-14,34H,5-6,9-12,15H2,1-4H3,(H,27,28)/b8-7+. The number of likely N-dealkylation sites (N-methyl/N-ethyl adjacent to an activating group) is 1. The zero-order valence-corrected chi connectivity index (χ0v) is 20.7. The molecule has 0 atom stereocenters. The van der Waals surface area contributed by atoms with Gasteiger partial charge in [-0.15, -0.1) is 0 Å². The van der Waals surface area contributed by atoms with Crippen LogP contribution < -0.4 is 4.74 Å². The molecule has 0 aliphatic carbocycles. The van der Waals surface area contributed by atoms with Gasteiger partial charge < -0.3 is 9.84 Å². The first-order valence-electron chi connectivity index (χ1n) is 12.1. The molecule has 5 heterocycles. The predicted molar refractivity (Wildman–Crippen MR) is 135 cm³/mol. The van der Waals surface area contributed by atoms with Gasteiger partial charge >= 0.3 is 0 Å². The molecule has 0 unspecified atom stereocenters. The fourth-order valence-electron chi connectivity index (χ4n) is 4.76. The third kappa shape index (κ3) is 4.23. The Balaban J connectivity index is 1.69. The number of hydrogen-bond donors (Lipinski definition) is 2. The van der Waals surface area contributed by atoms with Crippen LogP contribution in [0.3, 0.4) is 0 Å². The van der Waals surface area contributed by atoms with Gasteiger partial charge in [0.15, 0.2) is 0 Å². The first-order chi connectivity index (χ1) is 17.0. The maximum Gasteiger partial charge on any atom is 0.221 e. The summed E-state index contributed by atoms with van der Waals surface area (Å²) >= 11 is 0. The van der Waals surface area contributed by atoms with Crippen molar-refractivity contribution in [1.29, 1.82) is 0 Å². The fourth-order valence-corrected chi connectivity index (χ4v) is 4.76. The number of fused-ring (bicyclic) bond motifs is 4. The molecule has 184 valence electrons. The van der Waals surface area contributed by atoms with Crippen LogP contribution >= 0.6 is 0 Å². The molecule has 4 aromatic rings. The van der Waals surface area contributed by atoms with Crippen molar-refractivity contribution in [3.63, 3.8) is 0 Å². The third-order valence-corrected chi connectivity index (χ3v) is 6.60. The number of nitrogens with one attached hydrogen (secondary N) is 1. The lowest BCUT2D eigenvalue weighted by molar-refractivity contribution is 0.195. The summed E-state index contributed by atoms with van der Waals surface area (Å²) < 4.78 is 10.0. The van der Waals surface area contributed by atoms with E-state index in [0.717, 1.165) is 70.0 Å². The Bertz CT molecular complexity index is 1380. The van der Waals surface area contributed by atoms with Crippen LogP contribution in [0, 0.1) is 6.92 Å². The smallest absolute Gasteiger partial charge is 0.221 e. The lowest BCUT2D eigenvalue weighted by Gasteiger charge is -2.22. The normalized spacial score (nSPS) is 15.5. The van der Waals surface area contributed by atoms with Crippen molar-refractivity contribution in [3.8, 4) is 17.1 Å². The van der Waals surface area contributed by atoms with Crippen molar-refractivity contribution in [2.75, 3.05) is 26.3 Å². The second kappa shape index (κ2) is 9.63. The number of aliphatic hydroxyl groups is 1. The number of aryl methyl sites for hydroxylation is 3. The van der Waals surface area contributed by atoms with E-state index in [4.69, 9.17) is 9.84 Å². The largest absolute Gasteiger partial charge is 0.476 e. The van der Waals surface area contributed by atoms with Crippen molar-refractivity contribution < 1.29 is 9.84 Å². The van der Waals surface area contributed by atoms with Crippen LogP contribution in [-0.2, 0) is 26.6 Å². The van der Waals surface area contributed by atoms with Crippen molar-refractivity contribution in [3.05, 3.63) is 40.6 Å². The van der Waals surface area contributed by atoms with Crippen LogP contribution in [0.2, 0.25) is 0 Å². The maximum atomic E-state index is 9.67. The number of aromatic amines is 1.